The van der Waals surface area contributed by atoms with Gasteiger partial charge in [0.05, 0.1) is 6.04 Å². The normalized spacial score (nSPS) is 25.7. The Morgan fingerprint density at radius 1 is 1.22 bits per heavy atom. The zero-order chi connectivity index (χ0) is 16.8. The first kappa shape index (κ1) is 18.2. The summed E-state index contributed by atoms with van der Waals surface area (Å²) < 4.78 is 0. The average molecular weight is 324 g/mol. The number of nitrogens with one attached hydrogen (secondary N) is 3. The molecule has 2 amide bonds. The van der Waals surface area contributed by atoms with Gasteiger partial charge in [-0.1, -0.05) is 19.3 Å². The standard InChI is InChI=1S/C17H32N4O2/c1-12-11-19-9-10-21(12)17(23)15(14-7-5-4-6-8-14)20-16(22)13(2)18-3/h12-15,18-19H,4-11H2,1-3H3,(H,20,22)/t12-,13+,15+/m1/s1. The molecule has 0 unspecified atom stereocenters. The number of carbonyl (C=O) groups is 2. The van der Waals surface area contributed by atoms with Gasteiger partial charge < -0.3 is 20.9 Å². The van der Waals surface area contributed by atoms with Gasteiger partial charge in [0, 0.05) is 25.7 Å². The third-order valence-electron chi connectivity index (χ3n) is 5.30. The molecule has 23 heavy (non-hydrogen) atoms. The van der Waals surface area contributed by atoms with E-state index in [0.29, 0.717) is 0 Å². The molecule has 132 valence electrons. The van der Waals surface area contributed by atoms with E-state index in [-0.39, 0.29) is 35.9 Å². The van der Waals surface area contributed by atoms with E-state index in [2.05, 4.69) is 22.9 Å². The molecule has 1 aliphatic heterocycles. The Balaban J connectivity index is 2.10. The van der Waals surface area contributed by atoms with Gasteiger partial charge in [-0.2, -0.15) is 0 Å². The first-order valence-corrected chi connectivity index (χ1v) is 9.03. The van der Waals surface area contributed by atoms with Crippen molar-refractivity contribution in [2.45, 2.75) is 64.1 Å². The summed E-state index contributed by atoms with van der Waals surface area (Å²) in [6.07, 6.45) is 5.62. The van der Waals surface area contributed by atoms with Crippen LogP contribution in [-0.2, 0) is 9.59 Å². The maximum atomic E-state index is 13.1. The molecule has 1 aliphatic carbocycles. The summed E-state index contributed by atoms with van der Waals surface area (Å²) in [4.78, 5) is 27.4. The molecule has 0 radical (unpaired) electrons. The molecule has 0 spiro atoms. The van der Waals surface area contributed by atoms with Crippen LogP contribution in [0.5, 0.6) is 0 Å². The van der Waals surface area contributed by atoms with Gasteiger partial charge in [-0.15, -0.1) is 0 Å². The van der Waals surface area contributed by atoms with Crippen LogP contribution in [0.2, 0.25) is 0 Å². The van der Waals surface area contributed by atoms with Gasteiger partial charge in [-0.3, -0.25) is 9.59 Å². The summed E-state index contributed by atoms with van der Waals surface area (Å²) in [5.74, 6) is 0.285. The van der Waals surface area contributed by atoms with Crippen molar-refractivity contribution in [1.29, 1.82) is 0 Å². The van der Waals surface area contributed by atoms with E-state index in [1.165, 1.54) is 6.42 Å². The minimum atomic E-state index is -0.376. The van der Waals surface area contributed by atoms with E-state index in [4.69, 9.17) is 0 Å². The number of hydrogen-bond acceptors (Lipinski definition) is 4. The van der Waals surface area contributed by atoms with Crippen LogP contribution in [0.15, 0.2) is 0 Å². The zero-order valence-electron chi connectivity index (χ0n) is 14.7. The molecule has 0 aromatic rings. The van der Waals surface area contributed by atoms with E-state index in [9.17, 15) is 9.59 Å². The molecule has 6 heteroatoms. The van der Waals surface area contributed by atoms with Crippen LogP contribution < -0.4 is 16.0 Å². The number of hydrogen-bond donors (Lipinski definition) is 3. The van der Waals surface area contributed by atoms with Crippen LogP contribution >= 0.6 is 0 Å². The Morgan fingerprint density at radius 2 is 1.91 bits per heavy atom. The molecule has 1 saturated carbocycles. The van der Waals surface area contributed by atoms with Crippen molar-refractivity contribution in [3.05, 3.63) is 0 Å². The molecule has 1 saturated heterocycles. The van der Waals surface area contributed by atoms with Crippen LogP contribution in [0, 0.1) is 5.92 Å². The highest BCUT2D eigenvalue weighted by Gasteiger charge is 2.36. The number of amides is 2. The third-order valence-corrected chi connectivity index (χ3v) is 5.30. The summed E-state index contributed by atoms with van der Waals surface area (Å²) >= 11 is 0. The Labute approximate surface area is 139 Å². The van der Waals surface area contributed by atoms with Crippen LogP contribution in [0.3, 0.4) is 0 Å². The van der Waals surface area contributed by atoms with E-state index < -0.39 is 0 Å². The fourth-order valence-electron chi connectivity index (χ4n) is 3.61. The van der Waals surface area contributed by atoms with Crippen molar-refractivity contribution < 1.29 is 9.59 Å². The molecule has 3 atom stereocenters. The molecule has 1 heterocycles. The highest BCUT2D eigenvalue weighted by atomic mass is 16.2. The first-order chi connectivity index (χ1) is 11.0. The minimum Gasteiger partial charge on any atom is -0.343 e. The summed E-state index contributed by atoms with van der Waals surface area (Å²) in [5.41, 5.74) is 0. The lowest BCUT2D eigenvalue weighted by molar-refractivity contribution is -0.141. The predicted molar refractivity (Wildman–Crippen MR) is 91.1 cm³/mol. The molecule has 0 aromatic carbocycles. The second kappa shape index (κ2) is 8.64. The van der Waals surface area contributed by atoms with Crippen molar-refractivity contribution >= 4 is 11.8 Å². The molecule has 3 N–H and O–H groups in total. The van der Waals surface area contributed by atoms with Gasteiger partial charge in [0.2, 0.25) is 11.8 Å². The van der Waals surface area contributed by atoms with Gasteiger partial charge in [-0.05, 0) is 39.7 Å². The quantitative estimate of drug-likeness (QED) is 0.688. The fourth-order valence-corrected chi connectivity index (χ4v) is 3.61. The van der Waals surface area contributed by atoms with Gasteiger partial charge in [0.1, 0.15) is 6.04 Å². The van der Waals surface area contributed by atoms with Gasteiger partial charge in [0.15, 0.2) is 0 Å². The Bertz CT molecular complexity index is 409. The molecular formula is C17H32N4O2. The van der Waals surface area contributed by atoms with Crippen molar-refractivity contribution in [2.24, 2.45) is 5.92 Å². The van der Waals surface area contributed by atoms with E-state index in [1.807, 2.05) is 11.8 Å². The average Bonchev–Trinajstić information content (AvgIpc) is 2.59. The topological polar surface area (TPSA) is 73.5 Å². The smallest absolute Gasteiger partial charge is 0.245 e. The van der Waals surface area contributed by atoms with Crippen molar-refractivity contribution in [2.75, 3.05) is 26.7 Å². The SMILES string of the molecule is CN[C@@H](C)C(=O)N[C@H](C(=O)N1CCNC[C@H]1C)C1CCCCC1. The maximum absolute atomic E-state index is 13.1. The lowest BCUT2D eigenvalue weighted by atomic mass is 9.83. The number of likely N-dealkylation sites (N-methyl/N-ethyl adjacent to an activating group) is 1. The zero-order valence-corrected chi connectivity index (χ0v) is 14.7. The van der Waals surface area contributed by atoms with E-state index >= 15 is 0 Å². The van der Waals surface area contributed by atoms with Gasteiger partial charge in [0.25, 0.3) is 0 Å². The van der Waals surface area contributed by atoms with Gasteiger partial charge in [-0.25, -0.2) is 0 Å². The molecule has 2 fully saturated rings. The lowest BCUT2D eigenvalue weighted by Crippen LogP contribution is -2.60. The van der Waals surface area contributed by atoms with Crippen LogP contribution in [0.25, 0.3) is 0 Å². The fraction of sp³-hybridized carbons (Fsp3) is 0.882. The van der Waals surface area contributed by atoms with Crippen LogP contribution in [0.1, 0.15) is 46.0 Å². The monoisotopic (exact) mass is 324 g/mol. The lowest BCUT2D eigenvalue weighted by Gasteiger charge is -2.39. The largest absolute Gasteiger partial charge is 0.343 e. The van der Waals surface area contributed by atoms with Crippen LogP contribution in [-0.4, -0.2) is 61.5 Å². The Morgan fingerprint density at radius 3 is 2.52 bits per heavy atom. The summed E-state index contributed by atoms with van der Waals surface area (Å²) in [5, 5.41) is 9.31. The highest BCUT2D eigenvalue weighted by Crippen LogP contribution is 2.28. The van der Waals surface area contributed by atoms with Crippen molar-refractivity contribution in [1.82, 2.24) is 20.9 Å². The number of carbonyl (C=O) groups excluding carboxylic acids is 2. The first-order valence-electron chi connectivity index (χ1n) is 9.03. The number of rotatable bonds is 5. The molecule has 2 aliphatic rings. The summed E-state index contributed by atoms with van der Waals surface area (Å²) in [6, 6.07) is -0.477. The Kier molecular flexibility index (Phi) is 6.84. The molecule has 2 rings (SSSR count). The second-order valence-corrected chi connectivity index (χ2v) is 6.98. The molecular weight excluding hydrogens is 292 g/mol. The molecule has 0 aromatic heterocycles. The van der Waals surface area contributed by atoms with E-state index in [0.717, 1.165) is 45.3 Å². The van der Waals surface area contributed by atoms with Crippen molar-refractivity contribution in [3.8, 4) is 0 Å². The summed E-state index contributed by atoms with van der Waals surface area (Å²) in [7, 11) is 1.76. The van der Waals surface area contributed by atoms with Gasteiger partial charge >= 0.3 is 0 Å². The molecule has 6 nitrogen and oxygen atoms in total. The Hall–Kier alpha value is -1.14. The van der Waals surface area contributed by atoms with Crippen LogP contribution in [0.4, 0.5) is 0 Å². The predicted octanol–water partition coefficient (Wildman–Crippen LogP) is 0.480. The third kappa shape index (κ3) is 4.67. The van der Waals surface area contributed by atoms with E-state index in [1.54, 1.807) is 7.05 Å². The summed E-state index contributed by atoms with van der Waals surface area (Å²) in [6.45, 7) is 6.27. The maximum Gasteiger partial charge on any atom is 0.245 e. The number of nitrogens with zero attached hydrogens (tertiary/aromatic N) is 1. The van der Waals surface area contributed by atoms with Crippen molar-refractivity contribution in [3.63, 3.8) is 0 Å². The second-order valence-electron chi connectivity index (χ2n) is 6.98. The molecule has 0 bridgehead atoms. The number of piperazine rings is 1. The highest BCUT2D eigenvalue weighted by molar-refractivity contribution is 5.90. The minimum absolute atomic E-state index is 0.0841.